The van der Waals surface area contributed by atoms with Crippen LogP contribution in [0.25, 0.3) is 0 Å². The van der Waals surface area contributed by atoms with E-state index in [1.165, 1.54) is 15.9 Å². The zero-order chi connectivity index (χ0) is 24.8. The van der Waals surface area contributed by atoms with Crippen LogP contribution in [-0.2, 0) is 15.6 Å². The second kappa shape index (κ2) is 10.6. The number of benzene rings is 4. The molecule has 0 aliphatic rings. The lowest BCUT2D eigenvalue weighted by molar-refractivity contribution is 0.0204. The van der Waals surface area contributed by atoms with Crippen molar-refractivity contribution in [1.82, 2.24) is 0 Å². The van der Waals surface area contributed by atoms with E-state index in [0.717, 1.165) is 17.0 Å². The lowest BCUT2D eigenvalue weighted by Gasteiger charge is -2.19. The zero-order valence-corrected chi connectivity index (χ0v) is 20.1. The molecule has 0 aliphatic heterocycles. The minimum absolute atomic E-state index is 0.0359. The molecule has 0 amide bonds. The molecule has 174 valence electrons. The van der Waals surface area contributed by atoms with Gasteiger partial charge in [-0.25, -0.2) is 13.6 Å². The maximum Gasteiger partial charge on any atom is 0.339 e. The zero-order valence-electron chi connectivity index (χ0n) is 19.3. The van der Waals surface area contributed by atoms with Crippen molar-refractivity contribution in [3.8, 4) is 11.8 Å². The van der Waals surface area contributed by atoms with E-state index in [9.17, 15) is 13.6 Å². The number of ether oxygens (including phenoxy) is 1. The van der Waals surface area contributed by atoms with Crippen molar-refractivity contribution in [3.05, 3.63) is 126 Å². The average molecular weight is 486 g/mol. The van der Waals surface area contributed by atoms with E-state index in [0.29, 0.717) is 5.56 Å². The van der Waals surface area contributed by atoms with Crippen molar-refractivity contribution in [1.29, 1.82) is 0 Å². The third-order valence-corrected chi connectivity index (χ3v) is 7.29. The van der Waals surface area contributed by atoms with Crippen LogP contribution >= 0.6 is 0 Å². The Kier molecular flexibility index (Phi) is 7.33. The van der Waals surface area contributed by atoms with Crippen molar-refractivity contribution in [2.75, 3.05) is 0 Å². The Morgan fingerprint density at radius 1 is 0.771 bits per heavy atom. The first kappa shape index (κ1) is 24.3. The normalized spacial score (nSPS) is 11.0. The summed E-state index contributed by atoms with van der Waals surface area (Å²) in [5.74, 6) is 3.41. The van der Waals surface area contributed by atoms with Crippen LogP contribution in [0, 0.1) is 23.5 Å². The average Bonchev–Trinajstić information content (AvgIpc) is 2.85. The molecule has 0 saturated carbocycles. The quantitative estimate of drug-likeness (QED) is 0.172. The highest BCUT2D eigenvalue weighted by molar-refractivity contribution is 7.97. The molecule has 4 rings (SSSR count). The minimum atomic E-state index is -1.17. The first-order chi connectivity index (χ1) is 16.8. The summed E-state index contributed by atoms with van der Waals surface area (Å²) in [6.45, 7) is 3.24. The first-order valence-electron chi connectivity index (χ1n) is 11.0. The van der Waals surface area contributed by atoms with Crippen LogP contribution in [0.15, 0.2) is 118 Å². The molecule has 5 heteroatoms. The van der Waals surface area contributed by atoms with E-state index < -0.39 is 23.2 Å². The molecule has 0 radical (unpaired) electrons. The van der Waals surface area contributed by atoms with Crippen molar-refractivity contribution in [3.63, 3.8) is 0 Å². The van der Waals surface area contributed by atoms with Crippen LogP contribution in [-0.4, -0.2) is 11.6 Å². The van der Waals surface area contributed by atoms with Crippen LogP contribution in [0.5, 0.6) is 0 Å². The van der Waals surface area contributed by atoms with Gasteiger partial charge in [0.2, 0.25) is 0 Å². The topological polar surface area (TPSA) is 26.3 Å². The van der Waals surface area contributed by atoms with Gasteiger partial charge in [-0.3, -0.25) is 0 Å². The van der Waals surface area contributed by atoms with Gasteiger partial charge in [0, 0.05) is 6.07 Å². The van der Waals surface area contributed by atoms with Crippen LogP contribution in [0.1, 0.15) is 29.8 Å². The third-order valence-electron chi connectivity index (χ3n) is 5.06. The Hall–Kier alpha value is -3.88. The van der Waals surface area contributed by atoms with E-state index in [4.69, 9.17) is 4.74 Å². The Labute approximate surface area is 206 Å². The van der Waals surface area contributed by atoms with E-state index in [2.05, 4.69) is 36.1 Å². The maximum atomic E-state index is 13.9. The first-order valence-corrected chi connectivity index (χ1v) is 12.2. The number of carbonyl (C=O) groups excluding carboxylic acids is 1. The van der Waals surface area contributed by atoms with Crippen LogP contribution in [0.3, 0.4) is 0 Å². The molecule has 0 fully saturated rings. The summed E-state index contributed by atoms with van der Waals surface area (Å²) in [6, 6.07) is 31.0. The lowest BCUT2D eigenvalue weighted by atomic mass is 10.1. The van der Waals surface area contributed by atoms with E-state index in [1.54, 1.807) is 26.0 Å². The molecule has 0 bridgehead atoms. The van der Waals surface area contributed by atoms with Gasteiger partial charge < -0.3 is 4.74 Å². The molecule has 0 atom stereocenters. The Morgan fingerprint density at radius 3 is 1.86 bits per heavy atom. The summed E-state index contributed by atoms with van der Waals surface area (Å²) < 4.78 is 32.5. The number of esters is 1. The van der Waals surface area contributed by atoms with Gasteiger partial charge in [0.05, 0.1) is 22.0 Å². The van der Waals surface area contributed by atoms with Gasteiger partial charge >= 0.3 is 5.97 Å². The van der Waals surface area contributed by atoms with Gasteiger partial charge in [-0.15, -0.1) is 0 Å². The Morgan fingerprint density at radius 2 is 1.31 bits per heavy atom. The fourth-order valence-electron chi connectivity index (χ4n) is 3.37. The van der Waals surface area contributed by atoms with Gasteiger partial charge in [-0.2, -0.15) is 0 Å². The molecule has 0 aromatic heterocycles. The highest BCUT2D eigenvalue weighted by atomic mass is 32.2. The Balaban J connectivity index is 1.54. The minimum Gasteiger partial charge on any atom is -0.443 e. The lowest BCUT2D eigenvalue weighted by Crippen LogP contribution is -2.26. The molecular formula is C30H23F2O2S+. The monoisotopic (exact) mass is 485 g/mol. The smallest absolute Gasteiger partial charge is 0.339 e. The largest absolute Gasteiger partial charge is 0.443 e. The van der Waals surface area contributed by atoms with Crippen molar-refractivity contribution >= 4 is 16.9 Å². The molecule has 0 aliphatic carbocycles. The highest BCUT2D eigenvalue weighted by Gasteiger charge is 2.29. The summed E-state index contributed by atoms with van der Waals surface area (Å²) in [6.07, 6.45) is 0. The van der Waals surface area contributed by atoms with E-state index in [-0.39, 0.29) is 16.5 Å². The molecule has 2 nitrogen and oxygen atoms in total. The van der Waals surface area contributed by atoms with Crippen LogP contribution in [0.4, 0.5) is 8.78 Å². The predicted octanol–water partition coefficient (Wildman–Crippen LogP) is 7.05. The highest BCUT2D eigenvalue weighted by Crippen LogP contribution is 2.31. The number of hydrogen-bond acceptors (Lipinski definition) is 2. The molecule has 0 spiro atoms. The molecular weight excluding hydrogens is 462 g/mol. The van der Waals surface area contributed by atoms with Gasteiger partial charge in [0.25, 0.3) is 0 Å². The third kappa shape index (κ3) is 6.17. The molecule has 4 aromatic carbocycles. The molecule has 0 N–H and O–H groups in total. The van der Waals surface area contributed by atoms with Crippen LogP contribution in [0.2, 0.25) is 0 Å². The van der Waals surface area contributed by atoms with Gasteiger partial charge in [-0.05, 0) is 74.5 Å². The molecule has 0 saturated heterocycles. The fourth-order valence-corrected chi connectivity index (χ4v) is 5.46. The summed E-state index contributed by atoms with van der Waals surface area (Å²) in [4.78, 5) is 16.2. The standard InChI is InChI=1S/C30H23F2O2S/c1-30(2,20-19-22-13-16-24(31)21-28(22)32)34-29(33)23-14-17-27(18-15-23)35(25-9-5-3-6-10-25)26-11-7-4-8-12-26/h3-18,21H,1-2H3/q+1. The predicted molar refractivity (Wildman–Crippen MR) is 134 cm³/mol. The molecule has 0 unspecified atom stereocenters. The Bertz CT molecular complexity index is 1330. The van der Waals surface area contributed by atoms with Gasteiger partial charge in [0.1, 0.15) is 11.6 Å². The summed E-state index contributed by atoms with van der Waals surface area (Å²) >= 11 is 0. The second-order valence-electron chi connectivity index (χ2n) is 8.23. The SMILES string of the molecule is CC(C)(C#Cc1ccc(F)cc1F)OC(=O)c1ccc([S+](c2ccccc2)c2ccccc2)cc1. The summed E-state index contributed by atoms with van der Waals surface area (Å²) in [7, 11) is -0.320. The van der Waals surface area contributed by atoms with Gasteiger partial charge in [0.15, 0.2) is 20.3 Å². The summed E-state index contributed by atoms with van der Waals surface area (Å²) in [5.41, 5.74) is -0.746. The van der Waals surface area contributed by atoms with Crippen molar-refractivity contribution in [2.45, 2.75) is 34.1 Å². The second-order valence-corrected chi connectivity index (χ2v) is 10.3. The molecule has 0 heterocycles. The maximum absolute atomic E-state index is 13.9. The molecule has 35 heavy (non-hydrogen) atoms. The summed E-state index contributed by atoms with van der Waals surface area (Å²) in [5, 5.41) is 0. The van der Waals surface area contributed by atoms with E-state index in [1.807, 2.05) is 48.5 Å². The molecule has 4 aromatic rings. The van der Waals surface area contributed by atoms with Gasteiger partial charge in [-0.1, -0.05) is 48.2 Å². The number of hydrogen-bond donors (Lipinski definition) is 0. The fraction of sp³-hybridized carbons (Fsp3) is 0.100. The number of carbonyl (C=O) groups is 1. The van der Waals surface area contributed by atoms with Crippen LogP contribution < -0.4 is 0 Å². The number of halogens is 2. The van der Waals surface area contributed by atoms with Crippen molar-refractivity contribution in [2.24, 2.45) is 0 Å². The number of rotatable bonds is 5. The van der Waals surface area contributed by atoms with E-state index >= 15 is 0 Å². The van der Waals surface area contributed by atoms with Crippen molar-refractivity contribution < 1.29 is 18.3 Å².